The first-order valence-corrected chi connectivity index (χ1v) is 7.45. The van der Waals surface area contributed by atoms with Crippen LogP contribution in [0.15, 0.2) is 27.8 Å². The summed E-state index contributed by atoms with van der Waals surface area (Å²) in [5, 5.41) is 1.63. The van der Waals surface area contributed by atoms with Crippen LogP contribution in [-0.2, 0) is 10.0 Å². The quantitative estimate of drug-likeness (QED) is 0.811. The number of nitrogens with two attached hydrogens (primary N) is 1. The van der Waals surface area contributed by atoms with Crippen LogP contribution in [0.1, 0.15) is 19.3 Å². The van der Waals surface area contributed by atoms with Gasteiger partial charge in [-0.3, -0.25) is 0 Å². The van der Waals surface area contributed by atoms with Crippen molar-refractivity contribution in [1.29, 1.82) is 0 Å². The van der Waals surface area contributed by atoms with E-state index in [9.17, 15) is 8.42 Å². The summed E-state index contributed by atoms with van der Waals surface area (Å²) in [4.78, 5) is 0. The maximum absolute atomic E-state index is 11.9. The molecule has 1 aromatic heterocycles. The first kappa shape index (κ1) is 11.6. The molecule has 0 radical (unpaired) electrons. The molecule has 0 saturated carbocycles. The molecule has 2 rings (SSSR count). The Morgan fingerprint density at radius 3 is 2.81 bits per heavy atom. The van der Waals surface area contributed by atoms with Gasteiger partial charge in [0, 0.05) is 17.1 Å². The van der Waals surface area contributed by atoms with E-state index in [1.165, 1.54) is 6.07 Å². The molecule has 0 aromatic carbocycles. The lowest BCUT2D eigenvalue weighted by atomic mass is 10.0. The fourth-order valence-corrected chi connectivity index (χ4v) is 4.03. The molecule has 0 bridgehead atoms. The maximum atomic E-state index is 11.9. The number of sulfonamides is 1. The third-order valence-corrected chi connectivity index (χ3v) is 5.43. The van der Waals surface area contributed by atoms with Crippen LogP contribution in [0.25, 0.3) is 0 Å². The van der Waals surface area contributed by atoms with E-state index in [0.717, 1.165) is 30.6 Å². The van der Waals surface area contributed by atoms with E-state index in [2.05, 4.69) is 10.8 Å². The number of thiophene rings is 1. The largest absolute Gasteiger partial charge is 0.398 e. The molecule has 0 saturated heterocycles. The molecule has 1 unspecified atom stereocenters. The predicted molar refractivity (Wildman–Crippen MR) is 65.8 cm³/mol. The Morgan fingerprint density at radius 2 is 2.25 bits per heavy atom. The lowest BCUT2D eigenvalue weighted by molar-refractivity contribution is 0.523. The van der Waals surface area contributed by atoms with Crippen molar-refractivity contribution in [2.45, 2.75) is 29.5 Å². The van der Waals surface area contributed by atoms with Crippen LogP contribution in [-0.4, -0.2) is 14.5 Å². The van der Waals surface area contributed by atoms with Crippen molar-refractivity contribution >= 4 is 27.0 Å². The number of rotatable bonds is 3. The van der Waals surface area contributed by atoms with Crippen LogP contribution in [0.2, 0.25) is 0 Å². The fourth-order valence-electron chi connectivity index (χ4n) is 1.65. The molecule has 0 amide bonds. The van der Waals surface area contributed by atoms with Crippen molar-refractivity contribution in [3.63, 3.8) is 0 Å². The molecule has 88 valence electrons. The van der Waals surface area contributed by atoms with Gasteiger partial charge in [-0.1, -0.05) is 12.2 Å². The summed E-state index contributed by atoms with van der Waals surface area (Å²) >= 11 is 1.15. The molecular weight excluding hydrogens is 244 g/mol. The van der Waals surface area contributed by atoms with E-state index in [1.54, 1.807) is 5.38 Å². The zero-order valence-electron chi connectivity index (χ0n) is 8.72. The summed E-state index contributed by atoms with van der Waals surface area (Å²) < 4.78 is 26.9. The van der Waals surface area contributed by atoms with Gasteiger partial charge in [-0.2, -0.15) is 0 Å². The molecule has 6 heteroatoms. The highest BCUT2D eigenvalue weighted by Gasteiger charge is 2.21. The smallest absolute Gasteiger partial charge is 0.250 e. The molecule has 16 heavy (non-hydrogen) atoms. The summed E-state index contributed by atoms with van der Waals surface area (Å²) in [6.07, 6.45) is 6.64. The van der Waals surface area contributed by atoms with Gasteiger partial charge in [-0.25, -0.2) is 13.1 Å². The monoisotopic (exact) mass is 258 g/mol. The highest BCUT2D eigenvalue weighted by atomic mass is 32.2. The summed E-state index contributed by atoms with van der Waals surface area (Å²) in [7, 11) is -3.38. The lowest BCUT2D eigenvalue weighted by Crippen LogP contribution is -2.34. The van der Waals surface area contributed by atoms with Gasteiger partial charge >= 0.3 is 0 Å². The van der Waals surface area contributed by atoms with Crippen molar-refractivity contribution in [3.05, 3.63) is 23.6 Å². The Kier molecular flexibility index (Phi) is 3.32. The first-order chi connectivity index (χ1) is 7.58. The minimum atomic E-state index is -3.38. The summed E-state index contributed by atoms with van der Waals surface area (Å²) in [5.74, 6) is 0. The van der Waals surface area contributed by atoms with E-state index in [1.807, 2.05) is 6.08 Å². The van der Waals surface area contributed by atoms with Gasteiger partial charge in [-0.05, 0) is 25.3 Å². The number of nitrogen functional groups attached to an aromatic ring is 1. The second kappa shape index (κ2) is 4.57. The number of hydrogen-bond donors (Lipinski definition) is 2. The van der Waals surface area contributed by atoms with Crippen molar-refractivity contribution in [1.82, 2.24) is 4.72 Å². The molecule has 1 atom stereocenters. The SMILES string of the molecule is Nc1csc(S(=O)(=O)NC2CC=CCC2)c1. The van der Waals surface area contributed by atoms with Gasteiger partial charge in [0.15, 0.2) is 0 Å². The Hall–Kier alpha value is -0.850. The number of anilines is 1. The van der Waals surface area contributed by atoms with Crippen LogP contribution < -0.4 is 10.5 Å². The third kappa shape index (κ3) is 2.63. The molecule has 1 heterocycles. The Labute approximate surface area is 99.2 Å². The molecule has 0 spiro atoms. The third-order valence-electron chi connectivity index (χ3n) is 2.45. The van der Waals surface area contributed by atoms with E-state index in [4.69, 9.17) is 5.73 Å². The fraction of sp³-hybridized carbons (Fsp3) is 0.400. The van der Waals surface area contributed by atoms with Crippen LogP contribution >= 0.6 is 11.3 Å². The molecule has 1 aromatic rings. The maximum Gasteiger partial charge on any atom is 0.250 e. The second-order valence-corrected chi connectivity index (χ2v) is 6.65. The minimum absolute atomic E-state index is 0.0123. The van der Waals surface area contributed by atoms with Gasteiger partial charge in [0.1, 0.15) is 4.21 Å². The average Bonchev–Trinajstić information content (AvgIpc) is 2.66. The van der Waals surface area contributed by atoms with Crippen molar-refractivity contribution in [3.8, 4) is 0 Å². The zero-order valence-corrected chi connectivity index (χ0v) is 10.4. The molecule has 0 aliphatic heterocycles. The van der Waals surface area contributed by atoms with Gasteiger partial charge in [0.2, 0.25) is 10.0 Å². The van der Waals surface area contributed by atoms with Crippen LogP contribution in [0.5, 0.6) is 0 Å². The van der Waals surface area contributed by atoms with Gasteiger partial charge in [0.25, 0.3) is 0 Å². The van der Waals surface area contributed by atoms with Gasteiger partial charge < -0.3 is 5.73 Å². The number of hydrogen-bond acceptors (Lipinski definition) is 4. The number of nitrogens with one attached hydrogen (secondary N) is 1. The normalized spacial score (nSPS) is 21.1. The van der Waals surface area contributed by atoms with E-state index in [-0.39, 0.29) is 6.04 Å². The van der Waals surface area contributed by atoms with Crippen molar-refractivity contribution < 1.29 is 8.42 Å². The standard InChI is InChI=1S/C10H14N2O2S2/c11-8-6-10(15-7-8)16(13,14)12-9-4-2-1-3-5-9/h1-2,6-7,9,12H,3-5,11H2. The van der Waals surface area contributed by atoms with Crippen LogP contribution in [0.4, 0.5) is 5.69 Å². The van der Waals surface area contributed by atoms with E-state index < -0.39 is 10.0 Å². The lowest BCUT2D eigenvalue weighted by Gasteiger charge is -2.18. The van der Waals surface area contributed by atoms with Gasteiger partial charge in [0.05, 0.1) is 0 Å². The molecule has 3 N–H and O–H groups in total. The first-order valence-electron chi connectivity index (χ1n) is 5.09. The predicted octanol–water partition coefficient (Wildman–Crippen LogP) is 1.72. The van der Waals surface area contributed by atoms with E-state index in [0.29, 0.717) is 9.90 Å². The number of allylic oxidation sites excluding steroid dienone is 1. The highest BCUT2D eigenvalue weighted by Crippen LogP contribution is 2.23. The Bertz CT molecular complexity index is 491. The Balaban J connectivity index is 2.11. The summed E-state index contributed by atoms with van der Waals surface area (Å²) in [6, 6.07) is 1.50. The topological polar surface area (TPSA) is 72.2 Å². The summed E-state index contributed by atoms with van der Waals surface area (Å²) in [6.45, 7) is 0. The molecule has 1 aliphatic rings. The molecule has 4 nitrogen and oxygen atoms in total. The zero-order chi connectivity index (χ0) is 11.6. The minimum Gasteiger partial charge on any atom is -0.398 e. The van der Waals surface area contributed by atoms with Crippen LogP contribution in [0.3, 0.4) is 0 Å². The average molecular weight is 258 g/mol. The molecular formula is C10H14N2O2S2. The molecule has 0 fully saturated rings. The van der Waals surface area contributed by atoms with Crippen LogP contribution in [0, 0.1) is 0 Å². The van der Waals surface area contributed by atoms with Crippen molar-refractivity contribution in [2.24, 2.45) is 0 Å². The highest BCUT2D eigenvalue weighted by molar-refractivity contribution is 7.91. The summed E-state index contributed by atoms with van der Waals surface area (Å²) in [5.41, 5.74) is 6.01. The van der Waals surface area contributed by atoms with Crippen molar-refractivity contribution in [2.75, 3.05) is 5.73 Å². The Morgan fingerprint density at radius 1 is 1.44 bits per heavy atom. The van der Waals surface area contributed by atoms with Gasteiger partial charge in [-0.15, -0.1) is 11.3 Å². The molecule has 1 aliphatic carbocycles. The second-order valence-electron chi connectivity index (χ2n) is 3.80. The van der Waals surface area contributed by atoms with E-state index >= 15 is 0 Å².